The third-order valence-corrected chi connectivity index (χ3v) is 5.79. The van der Waals surface area contributed by atoms with Gasteiger partial charge in [-0.3, -0.25) is 14.2 Å². The van der Waals surface area contributed by atoms with Gasteiger partial charge in [0.05, 0.1) is 30.1 Å². The first-order chi connectivity index (χ1) is 15.2. The monoisotopic (exact) mass is 418 g/mol. The molecule has 9 heteroatoms. The van der Waals surface area contributed by atoms with E-state index in [0.29, 0.717) is 53.0 Å². The van der Waals surface area contributed by atoms with Crippen LogP contribution in [0.4, 0.5) is 0 Å². The summed E-state index contributed by atoms with van der Waals surface area (Å²) in [4.78, 5) is 33.3. The van der Waals surface area contributed by atoms with Crippen LogP contribution in [0.2, 0.25) is 0 Å². The predicted molar refractivity (Wildman–Crippen MR) is 115 cm³/mol. The van der Waals surface area contributed by atoms with Gasteiger partial charge in [0.25, 0.3) is 11.5 Å². The number of ether oxygens (including phenoxy) is 1. The van der Waals surface area contributed by atoms with Gasteiger partial charge in [0.1, 0.15) is 16.9 Å². The summed E-state index contributed by atoms with van der Waals surface area (Å²) in [6.45, 7) is 1.37. The lowest BCUT2D eigenvalue weighted by molar-refractivity contribution is 0.0725. The Balaban J connectivity index is 1.57. The Kier molecular flexibility index (Phi) is 4.95. The highest BCUT2D eigenvalue weighted by Crippen LogP contribution is 2.32. The van der Waals surface area contributed by atoms with Crippen molar-refractivity contribution in [2.75, 3.05) is 20.3 Å². The maximum Gasteiger partial charge on any atom is 0.261 e. The maximum atomic E-state index is 13.4. The smallest absolute Gasteiger partial charge is 0.261 e. The third-order valence-electron chi connectivity index (χ3n) is 5.79. The van der Waals surface area contributed by atoms with Gasteiger partial charge in [-0.05, 0) is 43.2 Å². The third kappa shape index (κ3) is 3.36. The van der Waals surface area contributed by atoms with Crippen molar-refractivity contribution in [3.63, 3.8) is 0 Å². The fourth-order valence-electron chi connectivity index (χ4n) is 4.26. The highest BCUT2D eigenvalue weighted by atomic mass is 16.5. The molecule has 1 atom stereocenters. The van der Waals surface area contributed by atoms with E-state index in [9.17, 15) is 9.59 Å². The molecular weight excluding hydrogens is 396 g/mol. The number of aromatic amines is 1. The number of likely N-dealkylation sites (tertiary alicyclic amines) is 1. The Morgan fingerprint density at radius 1 is 1.16 bits per heavy atom. The van der Waals surface area contributed by atoms with Crippen LogP contribution in [0, 0.1) is 0 Å². The van der Waals surface area contributed by atoms with Crippen molar-refractivity contribution in [1.29, 1.82) is 0 Å². The number of fused-ring (bicyclic) bond motifs is 2. The molecule has 5 rings (SSSR count). The zero-order valence-corrected chi connectivity index (χ0v) is 17.1. The number of hydrogen-bond donors (Lipinski definition) is 1. The fourth-order valence-corrected chi connectivity index (χ4v) is 4.26. The molecule has 3 heterocycles. The molecule has 31 heavy (non-hydrogen) atoms. The average Bonchev–Trinajstić information content (AvgIpc) is 3.47. The summed E-state index contributed by atoms with van der Waals surface area (Å²) >= 11 is 0. The number of nitrogens with zero attached hydrogens (tertiary/aromatic N) is 5. The van der Waals surface area contributed by atoms with Crippen molar-refractivity contribution >= 4 is 27.8 Å². The van der Waals surface area contributed by atoms with Crippen LogP contribution < -0.4 is 5.56 Å². The molecule has 2 aromatic heterocycles. The lowest BCUT2D eigenvalue weighted by Gasteiger charge is -2.27. The molecule has 1 fully saturated rings. The second-order valence-corrected chi connectivity index (χ2v) is 7.62. The highest BCUT2D eigenvalue weighted by Gasteiger charge is 2.34. The number of amides is 1. The molecule has 1 amide bonds. The molecule has 1 N–H and O–H groups in total. The van der Waals surface area contributed by atoms with Crippen molar-refractivity contribution in [2.24, 2.45) is 0 Å². The van der Waals surface area contributed by atoms with Gasteiger partial charge in [-0.1, -0.05) is 12.1 Å². The summed E-state index contributed by atoms with van der Waals surface area (Å²) in [5.74, 6) is 0.502. The van der Waals surface area contributed by atoms with Crippen molar-refractivity contribution < 1.29 is 9.53 Å². The molecular formula is C22H22N6O3. The van der Waals surface area contributed by atoms with Gasteiger partial charge in [-0.2, -0.15) is 15.4 Å². The Hall–Kier alpha value is -3.59. The van der Waals surface area contributed by atoms with E-state index in [4.69, 9.17) is 9.72 Å². The largest absolute Gasteiger partial charge is 0.383 e. The van der Waals surface area contributed by atoms with E-state index in [0.717, 1.165) is 12.8 Å². The van der Waals surface area contributed by atoms with Crippen LogP contribution in [0.1, 0.15) is 35.1 Å². The number of carbonyl (C=O) groups is 1. The summed E-state index contributed by atoms with van der Waals surface area (Å²) in [6.07, 6.45) is 1.59. The number of hydrogen-bond acceptors (Lipinski definition) is 6. The van der Waals surface area contributed by atoms with E-state index < -0.39 is 0 Å². The van der Waals surface area contributed by atoms with Crippen LogP contribution >= 0.6 is 0 Å². The normalized spacial score (nSPS) is 16.4. The second kappa shape index (κ2) is 7.92. The van der Waals surface area contributed by atoms with Crippen molar-refractivity contribution in [1.82, 2.24) is 29.9 Å². The SMILES string of the molecule is COCCn1c(C2CCCN2C(=O)c2ccc3n[nH]nc3c2)nc2ccccc2c1=O. The molecule has 158 valence electrons. The Morgan fingerprint density at radius 2 is 2.00 bits per heavy atom. The number of aromatic nitrogens is 5. The average molecular weight is 418 g/mol. The zero-order chi connectivity index (χ0) is 21.4. The lowest BCUT2D eigenvalue weighted by atomic mass is 10.1. The second-order valence-electron chi connectivity index (χ2n) is 7.62. The number of nitrogens with one attached hydrogen (secondary N) is 1. The Bertz CT molecular complexity index is 1330. The van der Waals surface area contributed by atoms with Crippen LogP contribution in [-0.2, 0) is 11.3 Å². The van der Waals surface area contributed by atoms with Crippen LogP contribution in [0.3, 0.4) is 0 Å². The molecule has 1 aliphatic heterocycles. The maximum absolute atomic E-state index is 13.4. The molecule has 0 saturated carbocycles. The molecule has 9 nitrogen and oxygen atoms in total. The minimum atomic E-state index is -0.283. The lowest BCUT2D eigenvalue weighted by Crippen LogP contribution is -2.36. The van der Waals surface area contributed by atoms with Gasteiger partial charge < -0.3 is 9.64 Å². The minimum Gasteiger partial charge on any atom is -0.383 e. The predicted octanol–water partition coefficient (Wildman–Crippen LogP) is 2.29. The first-order valence-electron chi connectivity index (χ1n) is 10.3. The van der Waals surface area contributed by atoms with Crippen molar-refractivity contribution in [3.8, 4) is 0 Å². The fraction of sp³-hybridized carbons (Fsp3) is 0.318. The first-order valence-corrected chi connectivity index (χ1v) is 10.3. The topological polar surface area (TPSA) is 106 Å². The Morgan fingerprint density at radius 3 is 2.87 bits per heavy atom. The van der Waals surface area contributed by atoms with E-state index >= 15 is 0 Å². The number of H-pyrrole nitrogens is 1. The highest BCUT2D eigenvalue weighted by molar-refractivity contribution is 5.97. The molecule has 0 aliphatic carbocycles. The van der Waals surface area contributed by atoms with E-state index in [-0.39, 0.29) is 17.5 Å². The first kappa shape index (κ1) is 19.4. The van der Waals surface area contributed by atoms with Crippen molar-refractivity contribution in [2.45, 2.75) is 25.4 Å². The molecule has 0 spiro atoms. The van der Waals surface area contributed by atoms with E-state index in [1.807, 2.05) is 18.2 Å². The van der Waals surface area contributed by atoms with Gasteiger partial charge in [0.2, 0.25) is 0 Å². The minimum absolute atomic E-state index is 0.104. The van der Waals surface area contributed by atoms with Gasteiger partial charge in [0.15, 0.2) is 0 Å². The number of methoxy groups -OCH3 is 1. The summed E-state index contributed by atoms with van der Waals surface area (Å²) < 4.78 is 6.88. The van der Waals surface area contributed by atoms with Gasteiger partial charge in [-0.15, -0.1) is 0 Å². The number of carbonyl (C=O) groups excluding carboxylic acids is 1. The zero-order valence-electron chi connectivity index (χ0n) is 17.1. The van der Waals surface area contributed by atoms with Crippen LogP contribution in [0.15, 0.2) is 47.3 Å². The molecule has 1 saturated heterocycles. The molecule has 1 unspecified atom stereocenters. The van der Waals surface area contributed by atoms with Gasteiger partial charge in [0, 0.05) is 19.2 Å². The molecule has 0 radical (unpaired) electrons. The van der Waals surface area contributed by atoms with E-state index in [1.54, 1.807) is 40.8 Å². The number of benzene rings is 2. The molecule has 2 aromatic carbocycles. The van der Waals surface area contributed by atoms with Crippen molar-refractivity contribution in [3.05, 3.63) is 64.2 Å². The van der Waals surface area contributed by atoms with Crippen LogP contribution in [0.5, 0.6) is 0 Å². The van der Waals surface area contributed by atoms with Gasteiger partial charge >= 0.3 is 0 Å². The summed E-state index contributed by atoms with van der Waals surface area (Å²) in [5, 5.41) is 11.3. The van der Waals surface area contributed by atoms with Crippen LogP contribution in [-0.4, -0.2) is 56.0 Å². The summed E-state index contributed by atoms with van der Waals surface area (Å²) in [7, 11) is 1.60. The van der Waals surface area contributed by atoms with E-state index in [1.165, 1.54) is 0 Å². The summed E-state index contributed by atoms with van der Waals surface area (Å²) in [6, 6.07) is 12.3. The van der Waals surface area contributed by atoms with E-state index in [2.05, 4.69) is 15.4 Å². The van der Waals surface area contributed by atoms with Gasteiger partial charge in [-0.25, -0.2) is 4.98 Å². The molecule has 0 bridgehead atoms. The summed E-state index contributed by atoms with van der Waals surface area (Å²) in [5.41, 5.74) is 2.42. The molecule has 4 aromatic rings. The number of para-hydroxylation sites is 1. The Labute approximate surface area is 177 Å². The molecule has 1 aliphatic rings. The van der Waals surface area contributed by atoms with Crippen LogP contribution in [0.25, 0.3) is 21.9 Å². The standard InChI is InChI=1S/C22H22N6O3/c1-31-12-11-28-20(23-16-6-3-2-5-15(16)22(28)30)19-7-4-10-27(19)21(29)14-8-9-17-18(13-14)25-26-24-17/h2-3,5-6,8-9,13,19H,4,7,10-12H2,1H3,(H,24,25,26). The quantitative estimate of drug-likeness (QED) is 0.533. The number of rotatable bonds is 5.